The Morgan fingerprint density at radius 2 is 1.94 bits per heavy atom. The maximum atomic E-state index is 10.2. The molecular weight excluding hydrogens is 376 g/mol. The zero-order valence-electron chi connectivity index (χ0n) is 20.8. The van der Waals surface area contributed by atoms with Crippen LogP contribution in [0.25, 0.3) is 0 Å². The van der Waals surface area contributed by atoms with Gasteiger partial charge in [0.05, 0.1) is 6.10 Å². The molecule has 7 unspecified atom stereocenters. The number of rotatable bonds is 7. The van der Waals surface area contributed by atoms with Crippen molar-refractivity contribution < 1.29 is 5.11 Å². The van der Waals surface area contributed by atoms with E-state index >= 15 is 0 Å². The predicted octanol–water partition coefficient (Wildman–Crippen LogP) is 8.18. The van der Waals surface area contributed by atoms with Gasteiger partial charge in [0.25, 0.3) is 0 Å². The van der Waals surface area contributed by atoms with Gasteiger partial charge in [-0.05, 0) is 104 Å². The van der Waals surface area contributed by atoms with Crippen LogP contribution in [-0.4, -0.2) is 11.2 Å². The summed E-state index contributed by atoms with van der Waals surface area (Å²) in [6.45, 7) is 16.5. The van der Waals surface area contributed by atoms with E-state index in [2.05, 4.69) is 59.4 Å². The summed E-state index contributed by atoms with van der Waals surface area (Å²) >= 11 is 0. The van der Waals surface area contributed by atoms with Crippen LogP contribution in [0, 0.1) is 34.5 Å². The molecule has 0 aromatic heterocycles. The molecule has 2 saturated carbocycles. The lowest BCUT2D eigenvalue weighted by molar-refractivity contribution is 0.106. The van der Waals surface area contributed by atoms with Crippen LogP contribution < -0.4 is 0 Å². The van der Waals surface area contributed by atoms with E-state index in [0.717, 1.165) is 37.5 Å². The summed E-state index contributed by atoms with van der Waals surface area (Å²) < 4.78 is 0. The van der Waals surface area contributed by atoms with Crippen LogP contribution in [-0.2, 0) is 0 Å². The van der Waals surface area contributed by atoms with Crippen molar-refractivity contribution in [3.05, 3.63) is 47.1 Å². The van der Waals surface area contributed by atoms with Gasteiger partial charge in [-0.3, -0.25) is 0 Å². The third-order valence-electron chi connectivity index (χ3n) is 10.2. The highest BCUT2D eigenvalue weighted by atomic mass is 16.3. The van der Waals surface area contributed by atoms with E-state index in [1.807, 2.05) is 0 Å². The number of hydrogen-bond donors (Lipinski definition) is 1. The number of aliphatic hydroxyl groups is 1. The molecular formula is C30H46O. The molecule has 172 valence electrons. The van der Waals surface area contributed by atoms with Crippen molar-refractivity contribution in [2.45, 2.75) is 105 Å². The molecule has 1 nitrogen and oxygen atoms in total. The molecule has 0 saturated heterocycles. The molecule has 7 atom stereocenters. The summed E-state index contributed by atoms with van der Waals surface area (Å²) in [4.78, 5) is 0. The average Bonchev–Trinajstić information content (AvgIpc) is 3.11. The molecule has 4 aliphatic rings. The Labute approximate surface area is 191 Å². The fourth-order valence-corrected chi connectivity index (χ4v) is 7.98. The van der Waals surface area contributed by atoms with Crippen molar-refractivity contribution in [2.75, 3.05) is 0 Å². The van der Waals surface area contributed by atoms with Crippen LogP contribution in [0.4, 0.5) is 0 Å². The third-order valence-corrected chi connectivity index (χ3v) is 10.2. The minimum absolute atomic E-state index is 0.142. The Balaban J connectivity index is 1.53. The zero-order chi connectivity index (χ0) is 22.4. The molecule has 0 amide bonds. The highest BCUT2D eigenvalue weighted by molar-refractivity contribution is 5.53. The number of hydrogen-bond acceptors (Lipinski definition) is 1. The number of aliphatic hydroxyl groups excluding tert-OH is 1. The highest BCUT2D eigenvalue weighted by Gasteiger charge is 2.54. The van der Waals surface area contributed by atoms with Crippen molar-refractivity contribution in [3.8, 4) is 0 Å². The lowest BCUT2D eigenvalue weighted by atomic mass is 9.54. The smallest absolute Gasteiger partial charge is 0.0578 e. The Kier molecular flexibility index (Phi) is 6.48. The maximum Gasteiger partial charge on any atom is 0.0578 e. The van der Waals surface area contributed by atoms with Crippen LogP contribution >= 0.6 is 0 Å². The van der Waals surface area contributed by atoms with Crippen molar-refractivity contribution in [1.82, 2.24) is 0 Å². The van der Waals surface area contributed by atoms with Crippen molar-refractivity contribution >= 4 is 0 Å². The molecule has 0 bridgehead atoms. The molecule has 0 heterocycles. The molecule has 4 rings (SSSR count). The molecule has 1 N–H and O–H groups in total. The second-order valence-corrected chi connectivity index (χ2v) is 11.8. The summed E-state index contributed by atoms with van der Waals surface area (Å²) in [5.41, 5.74) is 6.78. The Morgan fingerprint density at radius 3 is 2.65 bits per heavy atom. The lowest BCUT2D eigenvalue weighted by Crippen LogP contribution is -2.41. The van der Waals surface area contributed by atoms with E-state index in [-0.39, 0.29) is 11.5 Å². The minimum Gasteiger partial charge on any atom is -0.393 e. The number of fused-ring (bicyclic) bond motifs is 5. The van der Waals surface area contributed by atoms with Crippen LogP contribution in [0.3, 0.4) is 0 Å². The van der Waals surface area contributed by atoms with Crippen molar-refractivity contribution in [3.63, 3.8) is 0 Å². The quantitative estimate of drug-likeness (QED) is 0.410. The summed E-state index contributed by atoms with van der Waals surface area (Å²) in [7, 11) is 0. The fraction of sp³-hybridized carbons (Fsp3) is 0.733. The predicted molar refractivity (Wildman–Crippen MR) is 133 cm³/mol. The van der Waals surface area contributed by atoms with Crippen molar-refractivity contribution in [1.29, 1.82) is 0 Å². The fourth-order valence-electron chi connectivity index (χ4n) is 7.98. The van der Waals surface area contributed by atoms with Crippen LogP contribution in [0.15, 0.2) is 47.1 Å². The lowest BCUT2D eigenvalue weighted by Gasteiger charge is -2.50. The van der Waals surface area contributed by atoms with Gasteiger partial charge < -0.3 is 5.11 Å². The molecule has 0 aromatic rings. The van der Waals surface area contributed by atoms with Gasteiger partial charge in [0.15, 0.2) is 0 Å². The standard InChI is InChI=1S/C30H46O/c1-7-20(3)22(8-2)10-9-21(4)26-13-14-27-25-12-11-23-19-24(31)15-17-29(23,5)28(25)16-18-30(26,27)6/h11-12,16,21-22,24,26-27,31H,3,7-10,13-15,17-19H2,1-2,4-6H3. The normalized spacial score (nSPS) is 38.8. The van der Waals surface area contributed by atoms with E-state index in [1.54, 1.807) is 11.1 Å². The van der Waals surface area contributed by atoms with Crippen LogP contribution in [0.2, 0.25) is 0 Å². The summed E-state index contributed by atoms with van der Waals surface area (Å²) in [6.07, 6.45) is 19.3. The van der Waals surface area contributed by atoms with Gasteiger partial charge in [0.1, 0.15) is 0 Å². The Bertz CT molecular complexity index is 797. The van der Waals surface area contributed by atoms with E-state index in [1.165, 1.54) is 49.7 Å². The average molecular weight is 423 g/mol. The molecule has 31 heavy (non-hydrogen) atoms. The second-order valence-electron chi connectivity index (χ2n) is 11.8. The molecule has 0 spiro atoms. The Morgan fingerprint density at radius 1 is 1.16 bits per heavy atom. The summed E-state index contributed by atoms with van der Waals surface area (Å²) in [5.74, 6) is 3.05. The molecule has 2 fully saturated rings. The van der Waals surface area contributed by atoms with Crippen molar-refractivity contribution in [2.24, 2.45) is 34.5 Å². The van der Waals surface area contributed by atoms with Gasteiger partial charge in [-0.25, -0.2) is 0 Å². The van der Waals surface area contributed by atoms with E-state index < -0.39 is 0 Å². The second kappa shape index (κ2) is 8.69. The summed E-state index contributed by atoms with van der Waals surface area (Å²) in [6, 6.07) is 0. The van der Waals surface area contributed by atoms with E-state index in [0.29, 0.717) is 17.3 Å². The topological polar surface area (TPSA) is 20.2 Å². The third kappa shape index (κ3) is 3.84. The molecule has 0 aliphatic heterocycles. The molecule has 0 radical (unpaired) electrons. The first-order valence-corrected chi connectivity index (χ1v) is 13.2. The van der Waals surface area contributed by atoms with E-state index in [4.69, 9.17) is 0 Å². The minimum atomic E-state index is -0.142. The van der Waals surface area contributed by atoms with Gasteiger partial charge in [-0.2, -0.15) is 0 Å². The van der Waals surface area contributed by atoms with Gasteiger partial charge in [-0.1, -0.05) is 70.6 Å². The largest absolute Gasteiger partial charge is 0.393 e. The van der Waals surface area contributed by atoms with Crippen LogP contribution in [0.5, 0.6) is 0 Å². The van der Waals surface area contributed by atoms with E-state index in [9.17, 15) is 5.11 Å². The van der Waals surface area contributed by atoms with Gasteiger partial charge in [0, 0.05) is 5.41 Å². The van der Waals surface area contributed by atoms with Gasteiger partial charge >= 0.3 is 0 Å². The summed E-state index contributed by atoms with van der Waals surface area (Å²) in [5, 5.41) is 10.2. The van der Waals surface area contributed by atoms with Gasteiger partial charge in [0.2, 0.25) is 0 Å². The first-order valence-electron chi connectivity index (χ1n) is 13.2. The maximum absolute atomic E-state index is 10.2. The molecule has 0 aromatic carbocycles. The SMILES string of the molecule is C=C(CC)C(CC)CCC(C)C1CCC2C3=CC=C4CC(O)CCC4(C)C3=CCC21C. The van der Waals surface area contributed by atoms with Crippen LogP contribution in [0.1, 0.15) is 98.8 Å². The van der Waals surface area contributed by atoms with Gasteiger partial charge in [-0.15, -0.1) is 0 Å². The number of allylic oxidation sites excluding steroid dienone is 6. The highest BCUT2D eigenvalue weighted by Crippen LogP contribution is 2.64. The Hall–Kier alpha value is -1.08. The molecule has 4 aliphatic carbocycles. The first kappa shape index (κ1) is 23.1. The first-order chi connectivity index (χ1) is 14.7. The monoisotopic (exact) mass is 422 g/mol. The zero-order valence-corrected chi connectivity index (χ0v) is 20.8. The molecule has 1 heteroatoms.